The van der Waals surface area contributed by atoms with Crippen LogP contribution in [0.1, 0.15) is 12.6 Å². The van der Waals surface area contributed by atoms with E-state index >= 15 is 0 Å². The first kappa shape index (κ1) is 16.1. The lowest BCUT2D eigenvalue weighted by Gasteiger charge is -2.12. The number of hydrogen-bond donors (Lipinski definition) is 1. The standard InChI is InChI=1S/C14H15ClIN3O2/c1-4-9-11(16)13(17)19-14(18-9)7-5-8(15)12(21-3)10(6-7)20-2/h5-6H,4H2,1-3H3,(H2,17,18,19). The van der Waals surface area contributed by atoms with Gasteiger partial charge in [-0.15, -0.1) is 0 Å². The van der Waals surface area contributed by atoms with Crippen LogP contribution in [0, 0.1) is 3.57 Å². The molecular formula is C14H15ClIN3O2. The zero-order valence-electron chi connectivity index (χ0n) is 11.9. The van der Waals surface area contributed by atoms with E-state index in [-0.39, 0.29) is 0 Å². The van der Waals surface area contributed by atoms with Gasteiger partial charge in [-0.25, -0.2) is 9.97 Å². The molecule has 0 unspecified atom stereocenters. The van der Waals surface area contributed by atoms with E-state index in [2.05, 4.69) is 32.6 Å². The SMILES string of the molecule is CCc1nc(-c2cc(Cl)c(OC)c(OC)c2)nc(N)c1I. The van der Waals surface area contributed by atoms with Gasteiger partial charge in [0.15, 0.2) is 17.3 Å². The highest BCUT2D eigenvalue weighted by Crippen LogP contribution is 2.38. The number of hydrogen-bond acceptors (Lipinski definition) is 5. The minimum atomic E-state index is 0.436. The molecule has 1 heterocycles. The molecule has 0 amide bonds. The Morgan fingerprint density at radius 3 is 2.52 bits per heavy atom. The minimum Gasteiger partial charge on any atom is -0.493 e. The fraction of sp³-hybridized carbons (Fsp3) is 0.286. The number of aryl methyl sites for hydroxylation is 1. The van der Waals surface area contributed by atoms with E-state index in [1.165, 1.54) is 7.11 Å². The summed E-state index contributed by atoms with van der Waals surface area (Å²) in [4.78, 5) is 8.87. The molecule has 2 N–H and O–H groups in total. The summed E-state index contributed by atoms with van der Waals surface area (Å²) in [5.74, 6) is 1.99. The number of rotatable bonds is 4. The smallest absolute Gasteiger partial charge is 0.179 e. The second-order valence-corrected chi connectivity index (χ2v) is 5.73. The van der Waals surface area contributed by atoms with Crippen LogP contribution in [-0.4, -0.2) is 24.2 Å². The third-order valence-electron chi connectivity index (χ3n) is 2.97. The first-order chi connectivity index (χ1) is 10.0. The predicted molar refractivity (Wildman–Crippen MR) is 92.1 cm³/mol. The monoisotopic (exact) mass is 419 g/mol. The number of aromatic nitrogens is 2. The number of anilines is 1. The Labute approximate surface area is 142 Å². The molecule has 0 aliphatic carbocycles. The Kier molecular flexibility index (Phi) is 5.10. The lowest BCUT2D eigenvalue weighted by Crippen LogP contribution is -2.04. The van der Waals surface area contributed by atoms with Crippen molar-refractivity contribution in [3.63, 3.8) is 0 Å². The summed E-state index contributed by atoms with van der Waals surface area (Å²) in [7, 11) is 3.09. The van der Waals surface area contributed by atoms with Crippen molar-refractivity contribution in [1.82, 2.24) is 9.97 Å². The molecule has 1 aromatic heterocycles. The van der Waals surface area contributed by atoms with Gasteiger partial charge in [0.25, 0.3) is 0 Å². The van der Waals surface area contributed by atoms with E-state index in [0.29, 0.717) is 28.2 Å². The summed E-state index contributed by atoms with van der Waals surface area (Å²) in [5, 5.41) is 0.436. The van der Waals surface area contributed by atoms with Crippen molar-refractivity contribution in [1.29, 1.82) is 0 Å². The molecule has 2 aromatic rings. The lowest BCUT2D eigenvalue weighted by molar-refractivity contribution is 0.355. The number of nitrogens with two attached hydrogens (primary N) is 1. The molecule has 112 valence electrons. The Balaban J connectivity index is 2.62. The summed E-state index contributed by atoms with van der Waals surface area (Å²) in [6.07, 6.45) is 0.777. The van der Waals surface area contributed by atoms with Crippen LogP contribution in [0.3, 0.4) is 0 Å². The van der Waals surface area contributed by atoms with Crippen LogP contribution < -0.4 is 15.2 Å². The van der Waals surface area contributed by atoms with Crippen molar-refractivity contribution in [2.24, 2.45) is 0 Å². The molecular weight excluding hydrogens is 405 g/mol. The first-order valence-electron chi connectivity index (χ1n) is 6.25. The van der Waals surface area contributed by atoms with Crippen LogP contribution in [-0.2, 0) is 6.42 Å². The zero-order chi connectivity index (χ0) is 15.6. The minimum absolute atomic E-state index is 0.436. The van der Waals surface area contributed by atoms with Crippen molar-refractivity contribution in [3.8, 4) is 22.9 Å². The number of nitrogen functional groups attached to an aromatic ring is 1. The van der Waals surface area contributed by atoms with E-state index in [1.807, 2.05) is 6.92 Å². The fourth-order valence-electron chi connectivity index (χ4n) is 1.92. The average Bonchev–Trinajstić information content (AvgIpc) is 2.48. The lowest BCUT2D eigenvalue weighted by atomic mass is 10.1. The quantitative estimate of drug-likeness (QED) is 0.767. The van der Waals surface area contributed by atoms with Crippen LogP contribution in [0.4, 0.5) is 5.82 Å². The van der Waals surface area contributed by atoms with Crippen LogP contribution in [0.15, 0.2) is 12.1 Å². The highest BCUT2D eigenvalue weighted by atomic mass is 127. The number of halogens is 2. The second kappa shape index (κ2) is 6.65. The zero-order valence-corrected chi connectivity index (χ0v) is 14.8. The van der Waals surface area contributed by atoms with Crippen LogP contribution in [0.5, 0.6) is 11.5 Å². The van der Waals surface area contributed by atoms with Gasteiger partial charge in [0, 0.05) is 5.56 Å². The van der Waals surface area contributed by atoms with Crippen LogP contribution >= 0.6 is 34.2 Å². The molecule has 0 saturated carbocycles. The highest BCUT2D eigenvalue weighted by molar-refractivity contribution is 14.1. The number of nitrogens with zero attached hydrogens (tertiary/aromatic N) is 2. The largest absolute Gasteiger partial charge is 0.493 e. The molecule has 5 nitrogen and oxygen atoms in total. The average molecular weight is 420 g/mol. The topological polar surface area (TPSA) is 70.3 Å². The maximum atomic E-state index is 6.21. The normalized spacial score (nSPS) is 10.5. The molecule has 1 aromatic carbocycles. The van der Waals surface area contributed by atoms with Crippen molar-refractivity contribution in [2.45, 2.75) is 13.3 Å². The van der Waals surface area contributed by atoms with E-state index in [1.54, 1.807) is 19.2 Å². The van der Waals surface area contributed by atoms with Crippen LogP contribution in [0.2, 0.25) is 5.02 Å². The Morgan fingerprint density at radius 2 is 1.95 bits per heavy atom. The highest BCUT2D eigenvalue weighted by Gasteiger charge is 2.15. The maximum Gasteiger partial charge on any atom is 0.179 e. The Morgan fingerprint density at radius 1 is 1.24 bits per heavy atom. The molecule has 0 saturated heterocycles. The van der Waals surface area contributed by atoms with E-state index < -0.39 is 0 Å². The van der Waals surface area contributed by atoms with Gasteiger partial charge in [-0.3, -0.25) is 0 Å². The van der Waals surface area contributed by atoms with Crippen molar-refractivity contribution < 1.29 is 9.47 Å². The molecule has 0 atom stereocenters. The van der Waals surface area contributed by atoms with Gasteiger partial charge in [0.2, 0.25) is 0 Å². The molecule has 0 fully saturated rings. The van der Waals surface area contributed by atoms with Crippen molar-refractivity contribution in [3.05, 3.63) is 26.4 Å². The molecule has 0 radical (unpaired) electrons. The first-order valence-corrected chi connectivity index (χ1v) is 7.71. The molecule has 21 heavy (non-hydrogen) atoms. The van der Waals surface area contributed by atoms with Gasteiger partial charge >= 0.3 is 0 Å². The Bertz CT molecular complexity index is 680. The van der Waals surface area contributed by atoms with Gasteiger partial charge < -0.3 is 15.2 Å². The fourth-order valence-corrected chi connectivity index (χ4v) is 2.83. The molecule has 2 rings (SSSR count). The van der Waals surface area contributed by atoms with Gasteiger partial charge in [-0.05, 0) is 41.1 Å². The summed E-state index contributed by atoms with van der Waals surface area (Å²) in [6.45, 7) is 2.02. The van der Waals surface area contributed by atoms with E-state index in [4.69, 9.17) is 26.8 Å². The molecule has 0 bridgehead atoms. The summed E-state index contributed by atoms with van der Waals surface area (Å²) >= 11 is 8.37. The van der Waals surface area contributed by atoms with Crippen molar-refractivity contribution >= 4 is 40.0 Å². The summed E-state index contributed by atoms with van der Waals surface area (Å²) < 4.78 is 11.4. The summed E-state index contributed by atoms with van der Waals surface area (Å²) in [6, 6.07) is 3.52. The molecule has 0 aliphatic heterocycles. The van der Waals surface area contributed by atoms with Crippen LogP contribution in [0.25, 0.3) is 11.4 Å². The molecule has 0 spiro atoms. The third-order valence-corrected chi connectivity index (χ3v) is 4.43. The van der Waals surface area contributed by atoms with Gasteiger partial charge in [-0.2, -0.15) is 0 Å². The molecule has 7 heteroatoms. The Hall–Kier alpha value is -1.28. The summed E-state index contributed by atoms with van der Waals surface area (Å²) in [5.41, 5.74) is 7.59. The maximum absolute atomic E-state index is 6.21. The number of ether oxygens (including phenoxy) is 2. The second-order valence-electron chi connectivity index (χ2n) is 4.24. The molecule has 0 aliphatic rings. The third kappa shape index (κ3) is 3.16. The van der Waals surface area contributed by atoms with E-state index in [9.17, 15) is 0 Å². The number of benzene rings is 1. The predicted octanol–water partition coefficient (Wildman–Crippen LogP) is 3.56. The van der Waals surface area contributed by atoms with Gasteiger partial charge in [0.1, 0.15) is 5.82 Å². The van der Waals surface area contributed by atoms with Crippen molar-refractivity contribution in [2.75, 3.05) is 20.0 Å². The number of methoxy groups -OCH3 is 2. The van der Waals surface area contributed by atoms with Gasteiger partial charge in [-0.1, -0.05) is 18.5 Å². The van der Waals surface area contributed by atoms with Gasteiger partial charge in [0.05, 0.1) is 28.5 Å². The van der Waals surface area contributed by atoms with E-state index in [0.717, 1.165) is 21.2 Å².